The van der Waals surface area contributed by atoms with Crippen LogP contribution in [0.4, 0.5) is 5.69 Å². The van der Waals surface area contributed by atoms with Crippen LogP contribution >= 0.6 is 0 Å². The van der Waals surface area contributed by atoms with Crippen LogP contribution in [-0.4, -0.2) is 30.6 Å². The Balaban J connectivity index is 1.89. The predicted octanol–water partition coefficient (Wildman–Crippen LogP) is 2.76. The van der Waals surface area contributed by atoms with Gasteiger partial charge in [0.15, 0.2) is 6.29 Å². The van der Waals surface area contributed by atoms with E-state index in [0.29, 0.717) is 28.9 Å². The fraction of sp³-hybridized carbons (Fsp3) is 0.125. The predicted molar refractivity (Wildman–Crippen MR) is 120 cm³/mol. The van der Waals surface area contributed by atoms with Crippen molar-refractivity contribution in [2.24, 2.45) is 5.73 Å². The number of rotatable bonds is 8. The minimum Gasteiger partial charge on any atom is -0.366 e. The van der Waals surface area contributed by atoms with Crippen molar-refractivity contribution in [2.75, 3.05) is 11.4 Å². The standard InChI is InChI=1S/C24H24N4O3/c1-2-28(20-15-13-17(14-16-20)21(25)29)24(26-22(30)18-9-5-3-6-10-18)27-23(31)19-11-7-4-8-12-19/h3-16,24H,2H2,1H3,(H2,25,29)(H,26,30)(H,27,31). The van der Waals surface area contributed by atoms with E-state index in [1.165, 1.54) is 0 Å². The molecule has 0 saturated carbocycles. The number of primary amides is 1. The Morgan fingerprint density at radius 1 is 0.742 bits per heavy atom. The maximum Gasteiger partial charge on any atom is 0.254 e. The summed E-state index contributed by atoms with van der Waals surface area (Å²) in [4.78, 5) is 38.8. The van der Waals surface area contributed by atoms with Crippen molar-refractivity contribution in [3.05, 3.63) is 102 Å². The molecule has 0 spiro atoms. The van der Waals surface area contributed by atoms with Gasteiger partial charge in [-0.3, -0.25) is 14.4 Å². The highest BCUT2D eigenvalue weighted by atomic mass is 16.2. The zero-order chi connectivity index (χ0) is 22.2. The van der Waals surface area contributed by atoms with Crippen LogP contribution in [0.25, 0.3) is 0 Å². The zero-order valence-electron chi connectivity index (χ0n) is 17.1. The van der Waals surface area contributed by atoms with E-state index >= 15 is 0 Å². The summed E-state index contributed by atoms with van der Waals surface area (Å²) >= 11 is 0. The maximum atomic E-state index is 12.8. The molecular formula is C24H24N4O3. The van der Waals surface area contributed by atoms with Crippen LogP contribution in [0.1, 0.15) is 38.0 Å². The second kappa shape index (κ2) is 10.1. The number of amides is 3. The fourth-order valence-electron chi connectivity index (χ4n) is 3.12. The van der Waals surface area contributed by atoms with E-state index in [4.69, 9.17) is 5.73 Å². The van der Waals surface area contributed by atoms with Crippen molar-refractivity contribution < 1.29 is 14.4 Å². The summed E-state index contributed by atoms with van der Waals surface area (Å²) in [6.45, 7) is 2.38. The summed E-state index contributed by atoms with van der Waals surface area (Å²) in [6, 6.07) is 24.2. The molecule has 3 rings (SSSR count). The Kier molecular flexibility index (Phi) is 7.01. The molecule has 158 valence electrons. The lowest BCUT2D eigenvalue weighted by molar-refractivity contribution is 0.0881. The van der Waals surface area contributed by atoms with Gasteiger partial charge in [-0.15, -0.1) is 0 Å². The molecular weight excluding hydrogens is 392 g/mol. The molecule has 3 aromatic rings. The third kappa shape index (κ3) is 5.48. The van der Waals surface area contributed by atoms with E-state index in [1.807, 2.05) is 24.0 Å². The largest absolute Gasteiger partial charge is 0.366 e. The first-order valence-corrected chi connectivity index (χ1v) is 9.88. The number of carbonyl (C=O) groups excluding carboxylic acids is 3. The molecule has 0 aliphatic carbocycles. The van der Waals surface area contributed by atoms with Crippen LogP contribution in [0.2, 0.25) is 0 Å². The van der Waals surface area contributed by atoms with Crippen molar-refractivity contribution in [3.8, 4) is 0 Å². The Morgan fingerprint density at radius 2 is 1.19 bits per heavy atom. The highest BCUT2D eigenvalue weighted by Gasteiger charge is 2.23. The number of hydrogen-bond acceptors (Lipinski definition) is 4. The summed E-state index contributed by atoms with van der Waals surface area (Å²) in [7, 11) is 0. The number of anilines is 1. The van der Waals surface area contributed by atoms with Crippen LogP contribution in [0.3, 0.4) is 0 Å². The molecule has 0 aromatic heterocycles. The molecule has 0 radical (unpaired) electrons. The van der Waals surface area contributed by atoms with E-state index in [2.05, 4.69) is 10.6 Å². The van der Waals surface area contributed by atoms with E-state index in [0.717, 1.165) is 0 Å². The highest BCUT2D eigenvalue weighted by Crippen LogP contribution is 2.17. The highest BCUT2D eigenvalue weighted by molar-refractivity contribution is 5.97. The van der Waals surface area contributed by atoms with Crippen LogP contribution in [0.5, 0.6) is 0 Å². The first-order chi connectivity index (χ1) is 15.0. The third-order valence-electron chi connectivity index (χ3n) is 4.74. The van der Waals surface area contributed by atoms with Crippen molar-refractivity contribution in [1.29, 1.82) is 0 Å². The average Bonchev–Trinajstić information content (AvgIpc) is 2.81. The van der Waals surface area contributed by atoms with Gasteiger partial charge in [-0.25, -0.2) is 0 Å². The molecule has 3 amide bonds. The molecule has 3 aromatic carbocycles. The van der Waals surface area contributed by atoms with Gasteiger partial charge in [-0.1, -0.05) is 36.4 Å². The van der Waals surface area contributed by atoms with Gasteiger partial charge in [0.05, 0.1) is 0 Å². The second-order valence-corrected chi connectivity index (χ2v) is 6.78. The first kappa shape index (κ1) is 21.6. The summed E-state index contributed by atoms with van der Waals surface area (Å²) < 4.78 is 0. The number of nitrogens with two attached hydrogens (primary N) is 1. The monoisotopic (exact) mass is 416 g/mol. The normalized spacial score (nSPS) is 10.4. The lowest BCUT2D eigenvalue weighted by Gasteiger charge is -2.33. The summed E-state index contributed by atoms with van der Waals surface area (Å²) in [5, 5.41) is 5.77. The fourth-order valence-corrected chi connectivity index (χ4v) is 3.12. The Morgan fingerprint density at radius 3 is 1.58 bits per heavy atom. The van der Waals surface area contributed by atoms with E-state index in [1.54, 1.807) is 72.8 Å². The molecule has 0 fully saturated rings. The van der Waals surface area contributed by atoms with Crippen molar-refractivity contribution >= 4 is 23.4 Å². The number of hydrogen-bond donors (Lipinski definition) is 3. The molecule has 0 unspecified atom stereocenters. The maximum absolute atomic E-state index is 12.8. The third-order valence-corrected chi connectivity index (χ3v) is 4.74. The number of nitrogens with zero attached hydrogens (tertiary/aromatic N) is 1. The van der Waals surface area contributed by atoms with Gasteiger partial charge in [-0.05, 0) is 55.5 Å². The van der Waals surface area contributed by atoms with Gasteiger partial charge in [0, 0.05) is 28.9 Å². The lowest BCUT2D eigenvalue weighted by Crippen LogP contribution is -2.58. The zero-order valence-corrected chi connectivity index (χ0v) is 17.1. The molecule has 0 saturated heterocycles. The molecule has 0 aliphatic heterocycles. The second-order valence-electron chi connectivity index (χ2n) is 6.78. The van der Waals surface area contributed by atoms with Gasteiger partial charge >= 0.3 is 0 Å². The number of nitrogens with one attached hydrogen (secondary N) is 2. The Hall–Kier alpha value is -4.13. The molecule has 7 nitrogen and oxygen atoms in total. The molecule has 0 heterocycles. The molecule has 4 N–H and O–H groups in total. The molecule has 7 heteroatoms. The SMILES string of the molecule is CCN(c1ccc(C(N)=O)cc1)C(NC(=O)c1ccccc1)NC(=O)c1ccccc1. The Labute approximate surface area is 180 Å². The quantitative estimate of drug-likeness (QED) is 0.491. The first-order valence-electron chi connectivity index (χ1n) is 9.88. The summed E-state index contributed by atoms with van der Waals surface area (Å²) in [5.41, 5.74) is 7.35. The van der Waals surface area contributed by atoms with E-state index in [9.17, 15) is 14.4 Å². The minimum absolute atomic E-state index is 0.328. The van der Waals surface area contributed by atoms with Crippen LogP contribution in [-0.2, 0) is 0 Å². The van der Waals surface area contributed by atoms with Gasteiger partial charge < -0.3 is 21.3 Å². The molecule has 0 bridgehead atoms. The summed E-state index contributed by atoms with van der Waals surface area (Å²) in [5.74, 6) is -1.18. The van der Waals surface area contributed by atoms with Crippen LogP contribution in [0, 0.1) is 0 Å². The van der Waals surface area contributed by atoms with Gasteiger partial charge in [0.2, 0.25) is 5.91 Å². The van der Waals surface area contributed by atoms with Crippen molar-refractivity contribution in [3.63, 3.8) is 0 Å². The van der Waals surface area contributed by atoms with Gasteiger partial charge in [0.1, 0.15) is 0 Å². The molecule has 0 aliphatic rings. The average molecular weight is 416 g/mol. The van der Waals surface area contributed by atoms with Crippen molar-refractivity contribution in [1.82, 2.24) is 10.6 Å². The van der Waals surface area contributed by atoms with Crippen molar-refractivity contribution in [2.45, 2.75) is 13.2 Å². The number of carbonyl (C=O) groups is 3. The van der Waals surface area contributed by atoms with Crippen LogP contribution < -0.4 is 21.3 Å². The lowest BCUT2D eigenvalue weighted by atomic mass is 10.1. The number of benzene rings is 3. The topological polar surface area (TPSA) is 105 Å². The Bertz CT molecular complexity index is 984. The molecule has 0 atom stereocenters. The van der Waals surface area contributed by atoms with E-state index in [-0.39, 0.29) is 11.8 Å². The smallest absolute Gasteiger partial charge is 0.254 e. The van der Waals surface area contributed by atoms with Crippen LogP contribution in [0.15, 0.2) is 84.9 Å². The van der Waals surface area contributed by atoms with Gasteiger partial charge in [-0.2, -0.15) is 0 Å². The van der Waals surface area contributed by atoms with E-state index < -0.39 is 12.2 Å². The van der Waals surface area contributed by atoms with Gasteiger partial charge in [0.25, 0.3) is 11.8 Å². The summed E-state index contributed by atoms with van der Waals surface area (Å²) in [6.07, 6.45) is -0.829. The molecule has 31 heavy (non-hydrogen) atoms. The minimum atomic E-state index is -0.829.